The van der Waals surface area contributed by atoms with Gasteiger partial charge in [0.25, 0.3) is 0 Å². The Hall–Kier alpha value is -0.820. The highest BCUT2D eigenvalue weighted by atomic mass is 14.8. The van der Waals surface area contributed by atoms with Gasteiger partial charge in [-0.1, -0.05) is 44.5 Å². The van der Waals surface area contributed by atoms with Gasteiger partial charge in [0.15, 0.2) is 0 Å². The molecule has 2 rings (SSSR count). The number of nitrogens with one attached hydrogen (secondary N) is 1. The normalized spacial score (nSPS) is 17.8. The molecule has 1 aromatic rings. The largest absolute Gasteiger partial charge is 0.317 e. The van der Waals surface area contributed by atoms with Crippen LogP contribution in [0.25, 0.3) is 0 Å². The highest BCUT2D eigenvalue weighted by molar-refractivity contribution is 5.29. The van der Waals surface area contributed by atoms with Crippen molar-refractivity contribution in [1.29, 1.82) is 0 Å². The second-order valence-corrected chi connectivity index (χ2v) is 5.34. The van der Waals surface area contributed by atoms with E-state index in [9.17, 15) is 0 Å². The third-order valence-electron chi connectivity index (χ3n) is 4.06. The molecule has 17 heavy (non-hydrogen) atoms. The molecule has 0 heterocycles. The average Bonchev–Trinajstić information content (AvgIpc) is 2.27. The van der Waals surface area contributed by atoms with Gasteiger partial charge in [0, 0.05) is 0 Å². The zero-order valence-electron chi connectivity index (χ0n) is 11.2. The molecule has 0 radical (unpaired) electrons. The summed E-state index contributed by atoms with van der Waals surface area (Å²) in [5.41, 5.74) is 3.09. The van der Waals surface area contributed by atoms with Crippen molar-refractivity contribution in [2.24, 2.45) is 0 Å². The molecule has 1 nitrogen and oxygen atoms in total. The van der Waals surface area contributed by atoms with Crippen molar-refractivity contribution in [3.63, 3.8) is 0 Å². The highest BCUT2D eigenvalue weighted by Crippen LogP contribution is 2.37. The van der Waals surface area contributed by atoms with Gasteiger partial charge in [-0.3, -0.25) is 0 Å². The molecule has 0 spiro atoms. The summed E-state index contributed by atoms with van der Waals surface area (Å²) in [6.07, 6.45) is 5.46. The molecule has 1 aliphatic carbocycles. The Kier molecular flexibility index (Phi) is 4.61. The van der Waals surface area contributed by atoms with E-state index in [1.807, 2.05) is 0 Å². The van der Waals surface area contributed by atoms with Crippen molar-refractivity contribution in [2.75, 3.05) is 13.1 Å². The van der Waals surface area contributed by atoms with Crippen LogP contribution in [0.1, 0.15) is 62.5 Å². The number of hydrogen-bond donors (Lipinski definition) is 1. The fourth-order valence-corrected chi connectivity index (χ4v) is 2.52. The van der Waals surface area contributed by atoms with Crippen molar-refractivity contribution < 1.29 is 0 Å². The third kappa shape index (κ3) is 3.32. The van der Waals surface area contributed by atoms with E-state index in [4.69, 9.17) is 0 Å². The van der Waals surface area contributed by atoms with Gasteiger partial charge in [-0.2, -0.15) is 0 Å². The molecule has 94 valence electrons. The molecule has 1 aliphatic rings. The molecular weight excluding hydrogens is 206 g/mol. The summed E-state index contributed by atoms with van der Waals surface area (Å²) in [5.74, 6) is 1.53. The van der Waals surface area contributed by atoms with Crippen LogP contribution in [0.4, 0.5) is 0 Å². The Morgan fingerprint density at radius 2 is 2.18 bits per heavy atom. The molecule has 0 saturated heterocycles. The summed E-state index contributed by atoms with van der Waals surface area (Å²) in [7, 11) is 0. The predicted molar refractivity (Wildman–Crippen MR) is 74.6 cm³/mol. The minimum Gasteiger partial charge on any atom is -0.317 e. The van der Waals surface area contributed by atoms with Crippen LogP contribution in [-0.4, -0.2) is 13.1 Å². The van der Waals surface area contributed by atoms with Gasteiger partial charge >= 0.3 is 0 Å². The molecule has 0 amide bonds. The maximum absolute atomic E-state index is 3.41. The first-order valence-corrected chi connectivity index (χ1v) is 7.12. The van der Waals surface area contributed by atoms with Crippen molar-refractivity contribution in [3.8, 4) is 0 Å². The van der Waals surface area contributed by atoms with E-state index < -0.39 is 0 Å². The number of rotatable bonds is 6. The Morgan fingerprint density at radius 3 is 2.82 bits per heavy atom. The first-order valence-electron chi connectivity index (χ1n) is 7.12. The van der Waals surface area contributed by atoms with E-state index in [0.717, 1.165) is 19.0 Å². The second-order valence-electron chi connectivity index (χ2n) is 5.34. The standard InChI is InChI=1S/C16H25N/c1-3-17-11-10-13(2)15-8-5-9-16(12-15)14-6-4-7-14/h5,8-9,12-14,17H,3-4,6-7,10-11H2,1-2H3. The molecule has 1 aromatic carbocycles. The summed E-state index contributed by atoms with van der Waals surface area (Å²) < 4.78 is 0. The van der Waals surface area contributed by atoms with Crippen LogP contribution in [0.15, 0.2) is 24.3 Å². The molecule has 1 atom stereocenters. The number of benzene rings is 1. The zero-order chi connectivity index (χ0) is 12.1. The highest BCUT2D eigenvalue weighted by Gasteiger charge is 2.19. The topological polar surface area (TPSA) is 12.0 Å². The lowest BCUT2D eigenvalue weighted by Gasteiger charge is -2.26. The lowest BCUT2D eigenvalue weighted by molar-refractivity contribution is 0.419. The van der Waals surface area contributed by atoms with Crippen LogP contribution in [0, 0.1) is 0 Å². The summed E-state index contributed by atoms with van der Waals surface area (Å²) in [6, 6.07) is 9.29. The van der Waals surface area contributed by atoms with Gasteiger partial charge in [0.1, 0.15) is 0 Å². The maximum Gasteiger partial charge on any atom is -0.00433 e. The lowest BCUT2D eigenvalue weighted by Crippen LogP contribution is -2.16. The summed E-state index contributed by atoms with van der Waals surface area (Å²) in [6.45, 7) is 6.72. The van der Waals surface area contributed by atoms with Gasteiger partial charge in [0.05, 0.1) is 0 Å². The molecule has 0 aliphatic heterocycles. The molecule has 1 unspecified atom stereocenters. The Bertz CT molecular complexity index is 341. The maximum atomic E-state index is 3.41. The Morgan fingerprint density at radius 1 is 1.35 bits per heavy atom. The summed E-state index contributed by atoms with van der Waals surface area (Å²) in [5, 5.41) is 3.41. The van der Waals surface area contributed by atoms with E-state index in [2.05, 4.69) is 43.4 Å². The molecule has 0 aromatic heterocycles. The third-order valence-corrected chi connectivity index (χ3v) is 4.06. The molecule has 1 heteroatoms. The van der Waals surface area contributed by atoms with E-state index in [1.165, 1.54) is 31.2 Å². The van der Waals surface area contributed by atoms with E-state index in [1.54, 1.807) is 5.56 Å². The minimum atomic E-state index is 0.675. The van der Waals surface area contributed by atoms with Gasteiger partial charge in [0.2, 0.25) is 0 Å². The quantitative estimate of drug-likeness (QED) is 0.728. The molecule has 1 saturated carbocycles. The van der Waals surface area contributed by atoms with Crippen LogP contribution in [0.5, 0.6) is 0 Å². The molecule has 1 N–H and O–H groups in total. The lowest BCUT2D eigenvalue weighted by atomic mass is 9.79. The van der Waals surface area contributed by atoms with Gasteiger partial charge in [-0.15, -0.1) is 0 Å². The van der Waals surface area contributed by atoms with Crippen molar-refractivity contribution >= 4 is 0 Å². The van der Waals surface area contributed by atoms with E-state index in [0.29, 0.717) is 5.92 Å². The summed E-state index contributed by atoms with van der Waals surface area (Å²) >= 11 is 0. The minimum absolute atomic E-state index is 0.675. The molecular formula is C16H25N. The smallest absolute Gasteiger partial charge is 0.00433 e. The van der Waals surface area contributed by atoms with Crippen LogP contribution < -0.4 is 5.32 Å². The van der Waals surface area contributed by atoms with Crippen LogP contribution in [0.2, 0.25) is 0 Å². The fraction of sp³-hybridized carbons (Fsp3) is 0.625. The van der Waals surface area contributed by atoms with E-state index in [-0.39, 0.29) is 0 Å². The second kappa shape index (κ2) is 6.20. The Labute approximate surface area is 106 Å². The molecule has 0 bridgehead atoms. The zero-order valence-corrected chi connectivity index (χ0v) is 11.2. The van der Waals surface area contributed by atoms with Gasteiger partial charge in [-0.25, -0.2) is 0 Å². The number of hydrogen-bond acceptors (Lipinski definition) is 1. The predicted octanol–water partition coefficient (Wildman–Crippen LogP) is 4.06. The van der Waals surface area contributed by atoms with Gasteiger partial charge < -0.3 is 5.32 Å². The molecule has 1 fully saturated rings. The van der Waals surface area contributed by atoms with Crippen LogP contribution in [-0.2, 0) is 0 Å². The average molecular weight is 231 g/mol. The Balaban J connectivity index is 1.94. The fourth-order valence-electron chi connectivity index (χ4n) is 2.52. The van der Waals surface area contributed by atoms with Crippen LogP contribution >= 0.6 is 0 Å². The van der Waals surface area contributed by atoms with Crippen molar-refractivity contribution in [1.82, 2.24) is 5.32 Å². The first kappa shape index (κ1) is 12.6. The monoisotopic (exact) mass is 231 g/mol. The summed E-state index contributed by atoms with van der Waals surface area (Å²) in [4.78, 5) is 0. The van der Waals surface area contributed by atoms with Crippen molar-refractivity contribution in [3.05, 3.63) is 35.4 Å². The van der Waals surface area contributed by atoms with Crippen LogP contribution in [0.3, 0.4) is 0 Å². The first-order chi connectivity index (χ1) is 8.31. The van der Waals surface area contributed by atoms with Crippen molar-refractivity contribution in [2.45, 2.75) is 51.4 Å². The SMILES string of the molecule is CCNCCC(C)c1cccc(C2CCC2)c1. The van der Waals surface area contributed by atoms with Gasteiger partial charge in [-0.05, 0) is 55.3 Å². The van der Waals surface area contributed by atoms with E-state index >= 15 is 0 Å².